The summed E-state index contributed by atoms with van der Waals surface area (Å²) in [5.41, 5.74) is 7.92. The van der Waals surface area contributed by atoms with Gasteiger partial charge in [-0.1, -0.05) is 17.7 Å². The summed E-state index contributed by atoms with van der Waals surface area (Å²) in [4.78, 5) is 12.7. The Morgan fingerprint density at radius 3 is 2.88 bits per heavy atom. The van der Waals surface area contributed by atoms with Gasteiger partial charge in [0.1, 0.15) is 0 Å². The average molecular weight is 393 g/mol. The van der Waals surface area contributed by atoms with Crippen molar-refractivity contribution in [1.82, 2.24) is 19.5 Å². The lowest BCUT2D eigenvalue weighted by atomic mass is 10.3. The van der Waals surface area contributed by atoms with E-state index in [0.29, 0.717) is 22.4 Å². The molecule has 2 aromatic heterocycles. The summed E-state index contributed by atoms with van der Waals surface area (Å²) >= 11 is 5.98. The number of anilines is 2. The fourth-order valence-corrected chi connectivity index (χ4v) is 3.39. The van der Waals surface area contributed by atoms with Crippen LogP contribution in [0, 0.1) is 0 Å². The molecule has 0 saturated carbocycles. The molecular formula is C16H17ClN6O2S. The minimum atomic E-state index is -3.23. The first kappa shape index (κ1) is 18.3. The van der Waals surface area contributed by atoms with E-state index in [0.717, 1.165) is 11.9 Å². The number of halogens is 1. The molecule has 2 heterocycles. The topological polar surface area (TPSA) is 116 Å². The van der Waals surface area contributed by atoms with Crippen LogP contribution in [0.1, 0.15) is 6.17 Å². The summed E-state index contributed by atoms with van der Waals surface area (Å²) in [5.74, 6) is 0.170. The summed E-state index contributed by atoms with van der Waals surface area (Å²) in [6.07, 6.45) is 5.03. The van der Waals surface area contributed by atoms with Crippen LogP contribution in [0.25, 0.3) is 11.4 Å². The molecule has 0 radical (unpaired) electrons. The number of hydrogen-bond donors (Lipinski definition) is 2. The van der Waals surface area contributed by atoms with Crippen LogP contribution >= 0.6 is 11.6 Å². The molecule has 1 aromatic carbocycles. The first-order chi connectivity index (χ1) is 12.3. The monoisotopic (exact) mass is 392 g/mol. The van der Waals surface area contributed by atoms with E-state index in [4.69, 9.17) is 17.3 Å². The quantitative estimate of drug-likeness (QED) is 0.660. The van der Waals surface area contributed by atoms with Crippen molar-refractivity contribution in [2.45, 2.75) is 6.17 Å². The molecule has 1 unspecified atom stereocenters. The van der Waals surface area contributed by atoms with Crippen LogP contribution in [-0.2, 0) is 9.84 Å². The molecule has 0 aliphatic carbocycles. The van der Waals surface area contributed by atoms with Crippen molar-refractivity contribution in [3.8, 4) is 11.4 Å². The Labute approximate surface area is 156 Å². The van der Waals surface area contributed by atoms with Gasteiger partial charge in [0.15, 0.2) is 9.84 Å². The summed E-state index contributed by atoms with van der Waals surface area (Å²) in [6, 6.07) is 8.88. The van der Waals surface area contributed by atoms with Crippen molar-refractivity contribution < 1.29 is 8.42 Å². The van der Waals surface area contributed by atoms with Gasteiger partial charge in [-0.2, -0.15) is 0 Å². The zero-order chi connectivity index (χ0) is 18.7. The van der Waals surface area contributed by atoms with Crippen LogP contribution in [0.3, 0.4) is 0 Å². The molecule has 0 spiro atoms. The van der Waals surface area contributed by atoms with Gasteiger partial charge in [-0.15, -0.1) is 0 Å². The van der Waals surface area contributed by atoms with Crippen LogP contribution in [0.15, 0.2) is 49.1 Å². The highest BCUT2D eigenvalue weighted by atomic mass is 35.5. The summed E-state index contributed by atoms with van der Waals surface area (Å²) in [7, 11) is -3.23. The van der Waals surface area contributed by atoms with Gasteiger partial charge >= 0.3 is 0 Å². The minimum absolute atomic E-state index is 0.199. The Morgan fingerprint density at radius 2 is 2.15 bits per heavy atom. The third-order valence-corrected chi connectivity index (χ3v) is 4.68. The van der Waals surface area contributed by atoms with Crippen LogP contribution in [-0.4, -0.2) is 39.9 Å². The molecule has 10 heteroatoms. The Bertz CT molecular complexity index is 1020. The molecule has 1 atom stereocenters. The molecule has 3 N–H and O–H groups in total. The lowest BCUT2D eigenvalue weighted by molar-refractivity contribution is 0.548. The van der Waals surface area contributed by atoms with Crippen LogP contribution in [0.4, 0.5) is 11.6 Å². The minimum Gasteiger partial charge on any atom is -0.324 e. The molecule has 0 fully saturated rings. The van der Waals surface area contributed by atoms with Crippen LogP contribution in [0.5, 0.6) is 0 Å². The number of nitrogens with two attached hydrogens (primary N) is 1. The van der Waals surface area contributed by atoms with Crippen LogP contribution < -0.4 is 11.1 Å². The van der Waals surface area contributed by atoms with E-state index >= 15 is 0 Å². The largest absolute Gasteiger partial charge is 0.324 e. The van der Waals surface area contributed by atoms with E-state index in [1.54, 1.807) is 35.2 Å². The predicted octanol–water partition coefficient (Wildman–Crippen LogP) is 2.24. The zero-order valence-electron chi connectivity index (χ0n) is 13.9. The van der Waals surface area contributed by atoms with E-state index in [2.05, 4.69) is 20.3 Å². The van der Waals surface area contributed by atoms with Gasteiger partial charge in [0.25, 0.3) is 0 Å². The van der Waals surface area contributed by atoms with Gasteiger partial charge in [-0.05, 0) is 24.3 Å². The van der Waals surface area contributed by atoms with E-state index in [9.17, 15) is 8.42 Å². The molecule has 0 saturated heterocycles. The summed E-state index contributed by atoms with van der Waals surface area (Å²) in [6.45, 7) is 0. The first-order valence-electron chi connectivity index (χ1n) is 7.63. The number of rotatable bonds is 6. The molecule has 0 aliphatic rings. The van der Waals surface area contributed by atoms with Gasteiger partial charge in [-0.25, -0.2) is 23.4 Å². The highest BCUT2D eigenvalue weighted by molar-refractivity contribution is 7.90. The molecule has 3 rings (SSSR count). The number of benzene rings is 1. The summed E-state index contributed by atoms with van der Waals surface area (Å²) < 4.78 is 24.6. The van der Waals surface area contributed by atoms with E-state index in [1.807, 2.05) is 12.1 Å². The Kier molecular flexibility index (Phi) is 5.21. The van der Waals surface area contributed by atoms with E-state index < -0.39 is 16.0 Å². The predicted molar refractivity (Wildman–Crippen MR) is 101 cm³/mol. The molecule has 0 amide bonds. The Hall–Kier alpha value is -2.49. The van der Waals surface area contributed by atoms with Gasteiger partial charge in [-0.3, -0.25) is 0 Å². The SMILES string of the molecule is CS(=O)(=O)CC(N)n1cncc1-c1ccnc(Nc2cccc(Cl)c2)n1. The van der Waals surface area contributed by atoms with Crippen molar-refractivity contribution in [3.63, 3.8) is 0 Å². The maximum absolute atomic E-state index is 11.5. The van der Waals surface area contributed by atoms with Crippen LogP contribution in [0.2, 0.25) is 5.02 Å². The second-order valence-electron chi connectivity index (χ2n) is 5.75. The van der Waals surface area contributed by atoms with Crippen molar-refractivity contribution in [1.29, 1.82) is 0 Å². The van der Waals surface area contributed by atoms with Gasteiger partial charge in [0.2, 0.25) is 5.95 Å². The number of sulfone groups is 1. The lowest BCUT2D eigenvalue weighted by Crippen LogP contribution is -2.26. The van der Waals surface area contributed by atoms with Crippen molar-refractivity contribution in [2.75, 3.05) is 17.3 Å². The standard InChI is InChI=1S/C16H17ClN6O2S/c1-26(24,25)9-15(18)23-10-19-8-14(23)13-5-6-20-16(22-13)21-12-4-2-3-11(17)7-12/h2-8,10,15H,9,18H2,1H3,(H,20,21,22). The number of aromatic nitrogens is 4. The smallest absolute Gasteiger partial charge is 0.227 e. The van der Waals surface area contributed by atoms with Gasteiger partial charge in [0, 0.05) is 23.2 Å². The Morgan fingerprint density at radius 1 is 1.35 bits per heavy atom. The third kappa shape index (κ3) is 4.57. The number of hydrogen-bond acceptors (Lipinski definition) is 7. The highest BCUT2D eigenvalue weighted by Gasteiger charge is 2.17. The first-order valence-corrected chi connectivity index (χ1v) is 10.1. The number of imidazole rings is 1. The molecule has 136 valence electrons. The fraction of sp³-hybridized carbons (Fsp3) is 0.188. The second-order valence-corrected chi connectivity index (χ2v) is 8.37. The normalized spacial score (nSPS) is 12.7. The van der Waals surface area contributed by atoms with Gasteiger partial charge in [0.05, 0.1) is 35.8 Å². The maximum Gasteiger partial charge on any atom is 0.227 e. The van der Waals surface area contributed by atoms with E-state index in [1.165, 1.54) is 6.33 Å². The second kappa shape index (κ2) is 7.40. The van der Waals surface area contributed by atoms with Crippen molar-refractivity contribution in [3.05, 3.63) is 54.1 Å². The fourth-order valence-electron chi connectivity index (χ4n) is 2.41. The van der Waals surface area contributed by atoms with Gasteiger partial charge < -0.3 is 15.6 Å². The molecule has 0 aliphatic heterocycles. The third-order valence-electron chi connectivity index (χ3n) is 3.50. The lowest BCUT2D eigenvalue weighted by Gasteiger charge is -2.15. The number of nitrogens with zero attached hydrogens (tertiary/aromatic N) is 4. The van der Waals surface area contributed by atoms with Crippen molar-refractivity contribution >= 4 is 33.1 Å². The number of nitrogens with one attached hydrogen (secondary N) is 1. The zero-order valence-corrected chi connectivity index (χ0v) is 15.4. The maximum atomic E-state index is 11.5. The summed E-state index contributed by atoms with van der Waals surface area (Å²) in [5, 5.41) is 3.66. The molecule has 26 heavy (non-hydrogen) atoms. The van der Waals surface area contributed by atoms with Crippen molar-refractivity contribution in [2.24, 2.45) is 5.73 Å². The molecule has 3 aromatic rings. The molecule has 0 bridgehead atoms. The average Bonchev–Trinajstić information content (AvgIpc) is 3.03. The van der Waals surface area contributed by atoms with E-state index in [-0.39, 0.29) is 5.75 Å². The molecular weight excluding hydrogens is 376 g/mol. The molecule has 8 nitrogen and oxygen atoms in total. The highest BCUT2D eigenvalue weighted by Crippen LogP contribution is 2.22. The Balaban J connectivity index is 1.88.